The van der Waals surface area contributed by atoms with E-state index in [1.807, 2.05) is 12.1 Å². The van der Waals surface area contributed by atoms with E-state index in [0.29, 0.717) is 0 Å². The first-order valence-corrected chi connectivity index (χ1v) is 6.13. The van der Waals surface area contributed by atoms with Crippen molar-refractivity contribution in [3.05, 3.63) is 35.4 Å². The Bertz CT molecular complexity index is 303. The Morgan fingerprint density at radius 1 is 1.06 bits per heavy atom. The molecular weight excluding hydrogens is 198 g/mol. The lowest BCUT2D eigenvalue weighted by Gasteiger charge is -2.02. The summed E-state index contributed by atoms with van der Waals surface area (Å²) in [6, 6.07) is 8.19. The Labute approximate surface area is 98.0 Å². The Balaban J connectivity index is 2.26. The minimum absolute atomic E-state index is 0.942. The highest BCUT2D eigenvalue weighted by Gasteiger charge is 1.94. The average Bonchev–Trinajstić information content (AvgIpc) is 2.31. The highest BCUT2D eigenvalue weighted by Crippen LogP contribution is 2.09. The lowest BCUT2D eigenvalue weighted by Crippen LogP contribution is -1.87. The van der Waals surface area contributed by atoms with Crippen molar-refractivity contribution in [3.63, 3.8) is 0 Å². The van der Waals surface area contributed by atoms with E-state index in [-0.39, 0.29) is 0 Å². The molecule has 0 radical (unpaired) electrons. The molecule has 1 aromatic carbocycles. The van der Waals surface area contributed by atoms with Gasteiger partial charge < -0.3 is 5.21 Å². The van der Waals surface area contributed by atoms with E-state index in [2.05, 4.69) is 24.2 Å². The van der Waals surface area contributed by atoms with Crippen molar-refractivity contribution < 1.29 is 5.21 Å². The molecule has 0 unspecified atom stereocenters. The molecule has 0 spiro atoms. The van der Waals surface area contributed by atoms with Crippen molar-refractivity contribution in [1.82, 2.24) is 0 Å². The first-order valence-electron chi connectivity index (χ1n) is 6.13. The maximum atomic E-state index is 8.38. The van der Waals surface area contributed by atoms with E-state index in [1.165, 1.54) is 43.9 Å². The lowest BCUT2D eigenvalue weighted by atomic mass is 10.0. The highest BCUT2D eigenvalue weighted by atomic mass is 16.4. The summed E-state index contributed by atoms with van der Waals surface area (Å²) in [5.41, 5.74) is 2.31. The van der Waals surface area contributed by atoms with Crippen LogP contribution < -0.4 is 0 Å². The van der Waals surface area contributed by atoms with Crippen molar-refractivity contribution in [2.75, 3.05) is 0 Å². The maximum Gasteiger partial charge on any atom is 0.0733 e. The van der Waals surface area contributed by atoms with E-state index < -0.39 is 0 Å². The van der Waals surface area contributed by atoms with Gasteiger partial charge in [0.1, 0.15) is 0 Å². The fourth-order valence-corrected chi connectivity index (χ4v) is 1.77. The van der Waals surface area contributed by atoms with E-state index in [4.69, 9.17) is 5.21 Å². The largest absolute Gasteiger partial charge is 0.411 e. The molecule has 0 aliphatic carbocycles. The highest BCUT2D eigenvalue weighted by molar-refractivity contribution is 5.78. The Morgan fingerprint density at radius 3 is 2.38 bits per heavy atom. The molecule has 0 aliphatic heterocycles. The molecule has 0 fully saturated rings. The zero-order chi connectivity index (χ0) is 11.6. The van der Waals surface area contributed by atoms with Gasteiger partial charge in [-0.25, -0.2) is 0 Å². The molecule has 16 heavy (non-hydrogen) atoms. The number of hydrogen-bond acceptors (Lipinski definition) is 2. The summed E-state index contributed by atoms with van der Waals surface area (Å²) >= 11 is 0. The molecule has 0 bridgehead atoms. The molecule has 2 nitrogen and oxygen atoms in total. The molecule has 2 heteroatoms. The van der Waals surface area contributed by atoms with Crippen molar-refractivity contribution in [3.8, 4) is 0 Å². The quantitative estimate of drug-likeness (QED) is 0.319. The van der Waals surface area contributed by atoms with Crippen LogP contribution in [0.15, 0.2) is 29.4 Å². The molecule has 0 amide bonds. The van der Waals surface area contributed by atoms with Crippen LogP contribution in [0.1, 0.15) is 50.2 Å². The zero-order valence-electron chi connectivity index (χ0n) is 10.0. The van der Waals surface area contributed by atoms with Gasteiger partial charge in [0, 0.05) is 0 Å². The second-order valence-corrected chi connectivity index (χ2v) is 4.15. The first-order chi connectivity index (χ1) is 7.86. The molecule has 0 saturated carbocycles. The molecule has 0 heterocycles. The minimum Gasteiger partial charge on any atom is -0.411 e. The number of unbranched alkanes of at least 4 members (excludes halogenated alkanes) is 4. The number of oxime groups is 1. The van der Waals surface area contributed by atoms with Crippen molar-refractivity contribution in [2.45, 2.75) is 45.4 Å². The fourth-order valence-electron chi connectivity index (χ4n) is 1.77. The molecule has 1 N–H and O–H groups in total. The molecule has 0 aliphatic rings. The SMILES string of the molecule is CCCCCCCc1ccc(C=NO)cc1. The predicted octanol–water partition coefficient (Wildman–Crippen LogP) is 4.01. The number of rotatable bonds is 7. The number of benzene rings is 1. The molecule has 0 atom stereocenters. The van der Waals surface area contributed by atoms with Crippen LogP contribution in [0.5, 0.6) is 0 Å². The first kappa shape index (κ1) is 12.8. The molecule has 1 aromatic rings. The summed E-state index contributed by atoms with van der Waals surface area (Å²) < 4.78 is 0. The summed E-state index contributed by atoms with van der Waals surface area (Å²) in [7, 11) is 0. The Morgan fingerprint density at radius 2 is 1.75 bits per heavy atom. The summed E-state index contributed by atoms with van der Waals surface area (Å²) in [6.45, 7) is 2.24. The van der Waals surface area contributed by atoms with E-state index in [1.54, 1.807) is 0 Å². The average molecular weight is 219 g/mol. The Kier molecular flexibility index (Phi) is 6.31. The zero-order valence-corrected chi connectivity index (χ0v) is 10.0. The van der Waals surface area contributed by atoms with Crippen LogP contribution in [0, 0.1) is 0 Å². The van der Waals surface area contributed by atoms with Crippen molar-refractivity contribution in [2.24, 2.45) is 5.16 Å². The van der Waals surface area contributed by atoms with Crippen LogP contribution in [-0.4, -0.2) is 11.4 Å². The van der Waals surface area contributed by atoms with Gasteiger partial charge in [0.15, 0.2) is 0 Å². The third kappa shape index (κ3) is 4.96. The molecule has 88 valence electrons. The van der Waals surface area contributed by atoms with Crippen LogP contribution in [0.3, 0.4) is 0 Å². The van der Waals surface area contributed by atoms with E-state index in [9.17, 15) is 0 Å². The van der Waals surface area contributed by atoms with Gasteiger partial charge >= 0.3 is 0 Å². The van der Waals surface area contributed by atoms with Crippen LogP contribution in [0.25, 0.3) is 0 Å². The summed E-state index contributed by atoms with van der Waals surface area (Å²) in [5, 5.41) is 11.4. The third-order valence-corrected chi connectivity index (χ3v) is 2.76. The monoisotopic (exact) mass is 219 g/mol. The van der Waals surface area contributed by atoms with Crippen LogP contribution >= 0.6 is 0 Å². The molecule has 1 rings (SSSR count). The van der Waals surface area contributed by atoms with Gasteiger partial charge in [0.05, 0.1) is 6.21 Å². The minimum atomic E-state index is 0.942. The van der Waals surface area contributed by atoms with Gasteiger partial charge in [0.2, 0.25) is 0 Å². The second kappa shape index (κ2) is 7.91. The van der Waals surface area contributed by atoms with Crippen LogP contribution in [0.4, 0.5) is 0 Å². The molecule has 0 saturated heterocycles. The van der Waals surface area contributed by atoms with Gasteiger partial charge in [0.25, 0.3) is 0 Å². The normalized spacial score (nSPS) is 11.1. The van der Waals surface area contributed by atoms with E-state index in [0.717, 1.165) is 12.0 Å². The smallest absolute Gasteiger partial charge is 0.0733 e. The van der Waals surface area contributed by atoms with Crippen LogP contribution in [-0.2, 0) is 6.42 Å². The summed E-state index contributed by atoms with van der Waals surface area (Å²) in [6.07, 6.45) is 9.21. The number of aryl methyl sites for hydroxylation is 1. The summed E-state index contributed by atoms with van der Waals surface area (Å²) in [5.74, 6) is 0. The standard InChI is InChI=1S/C14H21NO/c1-2-3-4-5-6-7-13-8-10-14(11-9-13)12-15-16/h8-12,16H,2-7H2,1H3. The van der Waals surface area contributed by atoms with E-state index >= 15 is 0 Å². The number of hydrogen-bond donors (Lipinski definition) is 1. The third-order valence-electron chi connectivity index (χ3n) is 2.76. The van der Waals surface area contributed by atoms with Gasteiger partial charge in [-0.3, -0.25) is 0 Å². The number of nitrogens with zero attached hydrogens (tertiary/aromatic N) is 1. The molecular formula is C14H21NO. The predicted molar refractivity (Wildman–Crippen MR) is 68.3 cm³/mol. The summed E-state index contributed by atoms with van der Waals surface area (Å²) in [4.78, 5) is 0. The Hall–Kier alpha value is -1.31. The van der Waals surface area contributed by atoms with Gasteiger partial charge in [-0.15, -0.1) is 0 Å². The topological polar surface area (TPSA) is 32.6 Å². The van der Waals surface area contributed by atoms with Crippen molar-refractivity contribution >= 4 is 6.21 Å². The van der Waals surface area contributed by atoms with Gasteiger partial charge in [-0.05, 0) is 24.0 Å². The van der Waals surface area contributed by atoms with Gasteiger partial charge in [-0.1, -0.05) is 62.0 Å². The molecule has 0 aromatic heterocycles. The van der Waals surface area contributed by atoms with Crippen molar-refractivity contribution in [1.29, 1.82) is 0 Å². The maximum absolute atomic E-state index is 8.38. The lowest BCUT2D eigenvalue weighted by molar-refractivity contribution is 0.322. The van der Waals surface area contributed by atoms with Crippen LogP contribution in [0.2, 0.25) is 0 Å². The second-order valence-electron chi connectivity index (χ2n) is 4.15. The van der Waals surface area contributed by atoms with Gasteiger partial charge in [-0.2, -0.15) is 0 Å². The fraction of sp³-hybridized carbons (Fsp3) is 0.500.